The number of amides is 1. The largest absolute Gasteiger partial charge is 0.390 e. The fourth-order valence-electron chi connectivity index (χ4n) is 2.02. The molecular weight excluding hydrogens is 381 g/mol. The Kier molecular flexibility index (Phi) is 6.65. The molecule has 0 heterocycles. The van der Waals surface area contributed by atoms with Crippen molar-refractivity contribution in [1.82, 2.24) is 5.32 Å². The molecular formula is C18H14Cl3N3O. The van der Waals surface area contributed by atoms with E-state index < -0.39 is 5.91 Å². The minimum Gasteiger partial charge on any atom is -0.390 e. The molecule has 0 saturated heterocycles. The minimum atomic E-state index is -0.390. The number of rotatable bonds is 5. The van der Waals surface area contributed by atoms with E-state index in [9.17, 15) is 4.79 Å². The van der Waals surface area contributed by atoms with Crippen LogP contribution in [0.4, 0.5) is 0 Å². The highest BCUT2D eigenvalue weighted by molar-refractivity contribution is 6.42. The van der Waals surface area contributed by atoms with Gasteiger partial charge in [0.1, 0.15) is 0 Å². The molecule has 4 nitrogen and oxygen atoms in total. The van der Waals surface area contributed by atoms with Crippen molar-refractivity contribution in [2.45, 2.75) is 0 Å². The molecule has 0 fully saturated rings. The highest BCUT2D eigenvalue weighted by Gasteiger charge is 2.14. The van der Waals surface area contributed by atoms with Crippen LogP contribution in [0.1, 0.15) is 15.9 Å². The lowest BCUT2D eigenvalue weighted by atomic mass is 10.0. The van der Waals surface area contributed by atoms with Gasteiger partial charge in [-0.2, -0.15) is 0 Å². The second-order valence-corrected chi connectivity index (χ2v) is 6.10. The minimum absolute atomic E-state index is 0.314. The van der Waals surface area contributed by atoms with Gasteiger partial charge in [0.05, 0.1) is 27.0 Å². The number of nitrogens with two attached hydrogens (primary N) is 1. The number of aliphatic imine (C=N–C) groups is 1. The molecule has 0 saturated carbocycles. The zero-order chi connectivity index (χ0) is 18.4. The van der Waals surface area contributed by atoms with Gasteiger partial charge in [-0.15, -0.1) is 0 Å². The van der Waals surface area contributed by atoms with E-state index in [1.165, 1.54) is 6.20 Å². The summed E-state index contributed by atoms with van der Waals surface area (Å²) in [6.45, 7) is 3.90. The van der Waals surface area contributed by atoms with Gasteiger partial charge in [0, 0.05) is 17.5 Å². The summed E-state index contributed by atoms with van der Waals surface area (Å²) in [6.07, 6.45) is 2.59. The molecule has 7 heteroatoms. The number of nitrogens with zero attached hydrogens (tertiary/aromatic N) is 1. The molecule has 0 aliphatic carbocycles. The molecule has 25 heavy (non-hydrogen) atoms. The molecule has 128 valence electrons. The molecule has 2 aromatic carbocycles. The molecule has 0 spiro atoms. The van der Waals surface area contributed by atoms with E-state index in [4.69, 9.17) is 40.5 Å². The molecule has 0 radical (unpaired) electrons. The third-order valence-electron chi connectivity index (χ3n) is 3.23. The van der Waals surface area contributed by atoms with Crippen molar-refractivity contribution in [3.63, 3.8) is 0 Å². The Bertz CT molecular complexity index is 876. The van der Waals surface area contributed by atoms with Crippen LogP contribution in [-0.2, 0) is 0 Å². The van der Waals surface area contributed by atoms with E-state index in [0.717, 1.165) is 6.34 Å². The summed E-state index contributed by atoms with van der Waals surface area (Å²) in [7, 11) is 0. The van der Waals surface area contributed by atoms with Crippen LogP contribution in [0.3, 0.4) is 0 Å². The van der Waals surface area contributed by atoms with Gasteiger partial charge in [-0.25, -0.2) is 4.99 Å². The number of hydrogen-bond donors (Lipinski definition) is 2. The van der Waals surface area contributed by atoms with Gasteiger partial charge < -0.3 is 11.1 Å². The predicted molar refractivity (Wildman–Crippen MR) is 105 cm³/mol. The third-order valence-corrected chi connectivity index (χ3v) is 4.30. The van der Waals surface area contributed by atoms with Crippen LogP contribution in [0.15, 0.2) is 65.9 Å². The maximum absolute atomic E-state index is 12.4. The van der Waals surface area contributed by atoms with Gasteiger partial charge in [0.15, 0.2) is 0 Å². The average Bonchev–Trinajstić information content (AvgIpc) is 2.58. The fraction of sp³-hybridized carbons (Fsp3) is 0. The Morgan fingerprint density at radius 1 is 1.08 bits per heavy atom. The first-order chi connectivity index (χ1) is 11.9. The first-order valence-electron chi connectivity index (χ1n) is 7.08. The van der Waals surface area contributed by atoms with Crippen LogP contribution < -0.4 is 11.1 Å². The smallest absolute Gasteiger partial charge is 0.257 e. The number of nitrogens with one attached hydrogen (secondary N) is 1. The first-order valence-corrected chi connectivity index (χ1v) is 8.21. The first kappa shape index (κ1) is 19.1. The summed E-state index contributed by atoms with van der Waals surface area (Å²) in [5.74, 6) is -0.390. The molecule has 2 rings (SSSR count). The second kappa shape index (κ2) is 8.72. The predicted octanol–water partition coefficient (Wildman–Crippen LogP) is 4.92. The van der Waals surface area contributed by atoms with Gasteiger partial charge in [0.2, 0.25) is 0 Å². The Morgan fingerprint density at radius 2 is 1.80 bits per heavy atom. The third kappa shape index (κ3) is 4.86. The lowest BCUT2D eigenvalue weighted by Gasteiger charge is -2.13. The lowest BCUT2D eigenvalue weighted by molar-refractivity contribution is 0.0968. The highest BCUT2D eigenvalue weighted by Crippen LogP contribution is 2.29. The van der Waals surface area contributed by atoms with E-state index in [-0.39, 0.29) is 0 Å². The summed E-state index contributed by atoms with van der Waals surface area (Å²) in [4.78, 5) is 16.3. The zero-order valence-corrected chi connectivity index (χ0v) is 15.2. The molecule has 0 aromatic heterocycles. The van der Waals surface area contributed by atoms with Gasteiger partial charge in [-0.1, -0.05) is 59.6 Å². The van der Waals surface area contributed by atoms with Gasteiger partial charge in [0.25, 0.3) is 5.91 Å². The Hall–Kier alpha value is -2.27. The Labute approximate surface area is 160 Å². The van der Waals surface area contributed by atoms with Gasteiger partial charge in [-0.05, 0) is 29.8 Å². The topological polar surface area (TPSA) is 67.5 Å². The molecule has 3 N–H and O–H groups in total. The molecule has 0 aliphatic rings. The molecule has 0 bridgehead atoms. The maximum atomic E-state index is 12.4. The SMILES string of the molecule is C=C(NC(=O)c1ccccc1Cl)/C(=C\N=CN)c1ccc(Cl)c(Cl)c1. The average molecular weight is 395 g/mol. The van der Waals surface area contributed by atoms with Crippen LogP contribution in [0.5, 0.6) is 0 Å². The number of hydrogen-bond acceptors (Lipinski definition) is 2. The van der Waals surface area contributed by atoms with Crippen molar-refractivity contribution >= 4 is 52.6 Å². The monoisotopic (exact) mass is 393 g/mol. The number of halogens is 3. The summed E-state index contributed by atoms with van der Waals surface area (Å²) < 4.78 is 0. The van der Waals surface area contributed by atoms with E-state index in [1.54, 1.807) is 42.5 Å². The molecule has 0 unspecified atom stereocenters. The Morgan fingerprint density at radius 3 is 2.44 bits per heavy atom. The van der Waals surface area contributed by atoms with Crippen molar-refractivity contribution in [3.05, 3.63) is 87.1 Å². The summed E-state index contributed by atoms with van der Waals surface area (Å²) in [5, 5.41) is 3.82. The molecule has 1 amide bonds. The lowest BCUT2D eigenvalue weighted by Crippen LogP contribution is -2.23. The molecule has 0 atom stereocenters. The van der Waals surface area contributed by atoms with Crippen LogP contribution in [-0.4, -0.2) is 12.2 Å². The molecule has 0 aliphatic heterocycles. The number of allylic oxidation sites excluding steroid dienone is 1. The quantitative estimate of drug-likeness (QED) is 0.429. The second-order valence-electron chi connectivity index (χ2n) is 4.88. The Balaban J connectivity index is 2.32. The normalized spacial score (nSPS) is 11.6. The van der Waals surface area contributed by atoms with Crippen LogP contribution in [0.2, 0.25) is 15.1 Å². The van der Waals surface area contributed by atoms with Crippen LogP contribution >= 0.6 is 34.8 Å². The maximum Gasteiger partial charge on any atom is 0.257 e. The summed E-state index contributed by atoms with van der Waals surface area (Å²) in [5.41, 5.74) is 7.15. The van der Waals surface area contributed by atoms with Crippen molar-refractivity contribution in [2.75, 3.05) is 0 Å². The number of carbonyl (C=O) groups excluding carboxylic acids is 1. The van der Waals surface area contributed by atoms with Crippen molar-refractivity contribution in [1.29, 1.82) is 0 Å². The summed E-state index contributed by atoms with van der Waals surface area (Å²) in [6, 6.07) is 11.7. The van der Waals surface area contributed by atoms with Crippen molar-refractivity contribution in [2.24, 2.45) is 10.7 Å². The number of benzene rings is 2. The summed E-state index contributed by atoms with van der Waals surface area (Å²) >= 11 is 18.0. The van der Waals surface area contributed by atoms with E-state index in [2.05, 4.69) is 16.9 Å². The van der Waals surface area contributed by atoms with Crippen molar-refractivity contribution in [3.8, 4) is 0 Å². The fourth-order valence-corrected chi connectivity index (χ4v) is 2.54. The highest BCUT2D eigenvalue weighted by atomic mass is 35.5. The van der Waals surface area contributed by atoms with E-state index in [1.807, 2.05) is 0 Å². The molecule has 2 aromatic rings. The van der Waals surface area contributed by atoms with Gasteiger partial charge >= 0.3 is 0 Å². The number of carbonyl (C=O) groups is 1. The van der Waals surface area contributed by atoms with Crippen LogP contribution in [0, 0.1) is 0 Å². The standard InChI is InChI=1S/C18H14Cl3N3O/c1-11(24-18(25)13-4-2-3-5-15(13)19)14(9-23-10-22)12-6-7-16(20)17(21)8-12/h2-10H,1H2,(H2,22,23)(H,24,25)/b14-9+. The van der Waals surface area contributed by atoms with Crippen LogP contribution in [0.25, 0.3) is 5.57 Å². The zero-order valence-electron chi connectivity index (χ0n) is 13.0. The van der Waals surface area contributed by atoms with Crippen molar-refractivity contribution < 1.29 is 4.79 Å². The van der Waals surface area contributed by atoms with E-state index >= 15 is 0 Å². The van der Waals surface area contributed by atoms with Gasteiger partial charge in [-0.3, -0.25) is 4.79 Å². The van der Waals surface area contributed by atoms with E-state index in [0.29, 0.717) is 37.5 Å².